The van der Waals surface area contributed by atoms with Gasteiger partial charge in [0.05, 0.1) is 0 Å². The second kappa shape index (κ2) is 8.52. The van der Waals surface area contributed by atoms with Crippen LogP contribution in [0.25, 0.3) is 0 Å². The van der Waals surface area contributed by atoms with Gasteiger partial charge in [-0.15, -0.1) is 0 Å². The summed E-state index contributed by atoms with van der Waals surface area (Å²) in [5, 5.41) is 3.58. The predicted molar refractivity (Wildman–Crippen MR) is 92.7 cm³/mol. The minimum atomic E-state index is 0.201. The van der Waals surface area contributed by atoms with Gasteiger partial charge in [0.2, 0.25) is 0 Å². The minimum Gasteiger partial charge on any atom is -0.329 e. The Hall–Kier alpha value is -0.900. The number of nitrogens with zero attached hydrogens (tertiary/aromatic N) is 1. The van der Waals surface area contributed by atoms with Crippen molar-refractivity contribution in [2.45, 2.75) is 46.1 Å². The van der Waals surface area contributed by atoms with Crippen molar-refractivity contribution in [2.75, 3.05) is 32.7 Å². The molecule has 0 saturated heterocycles. The molecule has 0 fully saturated rings. The highest BCUT2D eigenvalue weighted by Gasteiger charge is 2.15. The molecule has 0 aliphatic heterocycles. The molecule has 3 N–H and O–H groups in total. The van der Waals surface area contributed by atoms with Gasteiger partial charge in [0.1, 0.15) is 0 Å². The smallest absolute Gasteiger partial charge is 0.0444 e. The molecule has 0 heterocycles. The summed E-state index contributed by atoms with van der Waals surface area (Å²) in [6, 6.07) is 9.12. The van der Waals surface area contributed by atoms with Crippen molar-refractivity contribution >= 4 is 0 Å². The molecule has 1 rings (SSSR count). The Kier molecular flexibility index (Phi) is 7.36. The molecule has 0 aromatic heterocycles. The summed E-state index contributed by atoms with van der Waals surface area (Å²) in [4.78, 5) is 2.42. The van der Waals surface area contributed by atoms with Gasteiger partial charge in [-0.05, 0) is 29.6 Å². The molecule has 21 heavy (non-hydrogen) atoms. The summed E-state index contributed by atoms with van der Waals surface area (Å²) < 4.78 is 0. The quantitative estimate of drug-likeness (QED) is 0.774. The number of likely N-dealkylation sites (N-methyl/N-ethyl adjacent to an activating group) is 1. The standard InChI is InChI=1S/C18H33N3/c1-6-21(7-2)13-12-20-17(14-19)15-8-10-16(11-9-15)18(3,4)5/h8-11,17,20H,6-7,12-14,19H2,1-5H3. The van der Waals surface area contributed by atoms with Crippen molar-refractivity contribution in [3.63, 3.8) is 0 Å². The number of nitrogens with two attached hydrogens (primary N) is 1. The van der Waals surface area contributed by atoms with Crippen molar-refractivity contribution in [1.82, 2.24) is 10.2 Å². The maximum Gasteiger partial charge on any atom is 0.0444 e. The molecular formula is C18H33N3. The Morgan fingerprint density at radius 2 is 1.67 bits per heavy atom. The monoisotopic (exact) mass is 291 g/mol. The number of nitrogens with one attached hydrogen (secondary N) is 1. The van der Waals surface area contributed by atoms with E-state index in [-0.39, 0.29) is 11.5 Å². The summed E-state index contributed by atoms with van der Waals surface area (Å²) in [6.45, 7) is 16.0. The van der Waals surface area contributed by atoms with Gasteiger partial charge in [0.25, 0.3) is 0 Å². The van der Waals surface area contributed by atoms with Crippen molar-refractivity contribution in [3.8, 4) is 0 Å². The first-order valence-corrected chi connectivity index (χ1v) is 8.18. The maximum atomic E-state index is 5.93. The first kappa shape index (κ1) is 18.1. The summed E-state index contributed by atoms with van der Waals surface area (Å²) >= 11 is 0. The molecule has 3 nitrogen and oxygen atoms in total. The van der Waals surface area contributed by atoms with Gasteiger partial charge in [-0.25, -0.2) is 0 Å². The van der Waals surface area contributed by atoms with Crippen LogP contribution in [0.15, 0.2) is 24.3 Å². The van der Waals surface area contributed by atoms with Gasteiger partial charge in [0.15, 0.2) is 0 Å². The maximum absolute atomic E-state index is 5.93. The predicted octanol–water partition coefficient (Wildman–Crippen LogP) is 2.92. The molecule has 1 unspecified atom stereocenters. The summed E-state index contributed by atoms with van der Waals surface area (Å²) in [5.74, 6) is 0. The van der Waals surface area contributed by atoms with E-state index < -0.39 is 0 Å². The lowest BCUT2D eigenvalue weighted by Gasteiger charge is -2.23. The third-order valence-electron chi connectivity index (χ3n) is 4.13. The van der Waals surface area contributed by atoms with E-state index in [0.29, 0.717) is 6.54 Å². The highest BCUT2D eigenvalue weighted by Crippen LogP contribution is 2.23. The van der Waals surface area contributed by atoms with E-state index in [1.165, 1.54) is 11.1 Å². The topological polar surface area (TPSA) is 41.3 Å². The van der Waals surface area contributed by atoms with Crippen LogP contribution in [0.5, 0.6) is 0 Å². The fourth-order valence-corrected chi connectivity index (χ4v) is 2.49. The van der Waals surface area contributed by atoms with Gasteiger partial charge < -0.3 is 16.0 Å². The summed E-state index contributed by atoms with van der Waals surface area (Å²) in [5.41, 5.74) is 8.78. The van der Waals surface area contributed by atoms with Crippen LogP contribution in [0.3, 0.4) is 0 Å². The second-order valence-electron chi connectivity index (χ2n) is 6.64. The molecule has 0 aliphatic carbocycles. The SMILES string of the molecule is CCN(CC)CCNC(CN)c1ccc(C(C)(C)C)cc1. The first-order valence-electron chi connectivity index (χ1n) is 8.18. The Balaban J connectivity index is 2.60. The van der Waals surface area contributed by atoms with Crippen molar-refractivity contribution < 1.29 is 0 Å². The molecule has 120 valence electrons. The molecule has 0 amide bonds. The van der Waals surface area contributed by atoms with Gasteiger partial charge in [-0.2, -0.15) is 0 Å². The average Bonchev–Trinajstić information content (AvgIpc) is 2.47. The van der Waals surface area contributed by atoms with Gasteiger partial charge in [0, 0.05) is 25.7 Å². The molecular weight excluding hydrogens is 258 g/mol. The molecule has 1 aromatic carbocycles. The van der Waals surface area contributed by atoms with Crippen LogP contribution in [0.4, 0.5) is 0 Å². The number of rotatable bonds is 8. The zero-order chi connectivity index (χ0) is 15.9. The number of hydrogen-bond donors (Lipinski definition) is 2. The fourth-order valence-electron chi connectivity index (χ4n) is 2.49. The lowest BCUT2D eigenvalue weighted by molar-refractivity contribution is 0.297. The second-order valence-corrected chi connectivity index (χ2v) is 6.64. The molecule has 1 aromatic rings. The normalized spacial score (nSPS) is 13.7. The molecule has 0 bridgehead atoms. The van der Waals surface area contributed by atoms with Crippen LogP contribution in [0.1, 0.15) is 51.8 Å². The van der Waals surface area contributed by atoms with Crippen molar-refractivity contribution in [3.05, 3.63) is 35.4 Å². The fraction of sp³-hybridized carbons (Fsp3) is 0.667. The largest absolute Gasteiger partial charge is 0.329 e. The van der Waals surface area contributed by atoms with Crippen LogP contribution in [0, 0.1) is 0 Å². The zero-order valence-electron chi connectivity index (χ0n) is 14.4. The van der Waals surface area contributed by atoms with E-state index in [2.05, 4.69) is 69.1 Å². The highest BCUT2D eigenvalue weighted by molar-refractivity contribution is 5.29. The van der Waals surface area contributed by atoms with E-state index in [4.69, 9.17) is 5.73 Å². The Morgan fingerprint density at radius 3 is 2.10 bits per heavy atom. The van der Waals surface area contributed by atoms with Crippen molar-refractivity contribution in [2.24, 2.45) is 5.73 Å². The lowest BCUT2D eigenvalue weighted by atomic mass is 9.86. The number of hydrogen-bond acceptors (Lipinski definition) is 3. The van der Waals surface area contributed by atoms with Crippen LogP contribution in [-0.2, 0) is 5.41 Å². The average molecular weight is 291 g/mol. The van der Waals surface area contributed by atoms with Crippen molar-refractivity contribution in [1.29, 1.82) is 0 Å². The molecule has 0 spiro atoms. The Bertz CT molecular complexity index is 388. The third kappa shape index (κ3) is 5.77. The number of benzene rings is 1. The van der Waals surface area contributed by atoms with E-state index in [1.54, 1.807) is 0 Å². The van der Waals surface area contributed by atoms with E-state index in [9.17, 15) is 0 Å². The van der Waals surface area contributed by atoms with E-state index in [0.717, 1.165) is 26.2 Å². The zero-order valence-corrected chi connectivity index (χ0v) is 14.4. The highest BCUT2D eigenvalue weighted by atomic mass is 15.1. The first-order chi connectivity index (χ1) is 9.92. The van der Waals surface area contributed by atoms with Crippen LogP contribution in [-0.4, -0.2) is 37.6 Å². The summed E-state index contributed by atoms with van der Waals surface area (Å²) in [7, 11) is 0. The van der Waals surface area contributed by atoms with Gasteiger partial charge in [-0.3, -0.25) is 0 Å². The van der Waals surface area contributed by atoms with E-state index in [1.807, 2.05) is 0 Å². The van der Waals surface area contributed by atoms with Crippen LogP contribution >= 0.6 is 0 Å². The lowest BCUT2D eigenvalue weighted by Crippen LogP contribution is -2.36. The third-order valence-corrected chi connectivity index (χ3v) is 4.13. The molecule has 0 aliphatic rings. The van der Waals surface area contributed by atoms with Gasteiger partial charge in [-0.1, -0.05) is 58.9 Å². The summed E-state index contributed by atoms with van der Waals surface area (Å²) in [6.07, 6.45) is 0. The molecule has 0 saturated carbocycles. The Labute approximate surface area is 130 Å². The molecule has 0 radical (unpaired) electrons. The Morgan fingerprint density at radius 1 is 1.10 bits per heavy atom. The van der Waals surface area contributed by atoms with Crippen LogP contribution in [0.2, 0.25) is 0 Å². The van der Waals surface area contributed by atoms with E-state index >= 15 is 0 Å². The molecule has 3 heteroatoms. The van der Waals surface area contributed by atoms with Gasteiger partial charge >= 0.3 is 0 Å². The van der Waals surface area contributed by atoms with Crippen LogP contribution < -0.4 is 11.1 Å². The minimum absolute atomic E-state index is 0.201. The molecule has 1 atom stereocenters.